The highest BCUT2D eigenvalue weighted by Crippen LogP contribution is 2.64. The summed E-state index contributed by atoms with van der Waals surface area (Å²) < 4.78 is 2.60. The smallest absolute Gasteiger partial charge is 0.0725 e. The molecule has 1 spiro atoms. The van der Waals surface area contributed by atoms with E-state index in [1.807, 2.05) is 11.3 Å². The largest absolute Gasteiger partial charge is 0.310 e. The molecule has 0 atom stereocenters. The Morgan fingerprint density at radius 3 is 1.71 bits per heavy atom. The molecule has 3 aliphatic carbocycles. The fraction of sp³-hybridized carbons (Fsp3) is 0.114. The molecular weight excluding hydrogens is 887 g/mol. The first kappa shape index (κ1) is 41.7. The maximum atomic E-state index is 2.59. The summed E-state index contributed by atoms with van der Waals surface area (Å²) in [7, 11) is 0. The Labute approximate surface area is 425 Å². The molecule has 0 bridgehead atoms. The normalized spacial score (nSPS) is 14.4. The highest BCUT2D eigenvalue weighted by atomic mass is 32.1. The third-order valence-corrected chi connectivity index (χ3v) is 17.9. The molecule has 2 heteroatoms. The monoisotopic (exact) mass is 937 g/mol. The van der Waals surface area contributed by atoms with E-state index in [0.717, 1.165) is 17.1 Å². The van der Waals surface area contributed by atoms with Crippen LogP contribution in [0.1, 0.15) is 73.6 Å². The van der Waals surface area contributed by atoms with Gasteiger partial charge in [0.25, 0.3) is 0 Å². The van der Waals surface area contributed by atoms with E-state index in [4.69, 9.17) is 0 Å². The second-order valence-corrected chi connectivity index (χ2v) is 23.1. The average Bonchev–Trinajstić information content (AvgIpc) is 4.09. The number of nitrogens with zero attached hydrogens (tertiary/aromatic N) is 1. The van der Waals surface area contributed by atoms with Crippen molar-refractivity contribution in [1.29, 1.82) is 0 Å². The van der Waals surface area contributed by atoms with Crippen molar-refractivity contribution >= 4 is 70.1 Å². The second kappa shape index (κ2) is 14.8. The van der Waals surface area contributed by atoms with Crippen LogP contribution in [-0.4, -0.2) is 0 Å². The fourth-order valence-corrected chi connectivity index (χ4v) is 14.7. The average molecular weight is 938 g/mol. The van der Waals surface area contributed by atoms with Gasteiger partial charge in [-0.3, -0.25) is 0 Å². The number of thiophene rings is 1. The first-order chi connectivity index (χ1) is 35.1. The lowest BCUT2D eigenvalue weighted by Gasteiger charge is -2.32. The van der Waals surface area contributed by atoms with Crippen molar-refractivity contribution in [2.24, 2.45) is 0 Å². The Balaban J connectivity index is 1.04. The molecule has 3 aliphatic rings. The molecule has 342 valence electrons. The lowest BCUT2D eigenvalue weighted by molar-refractivity contribution is 0.591. The second-order valence-electron chi connectivity index (χ2n) is 22.0. The summed E-state index contributed by atoms with van der Waals surface area (Å²) in [4.78, 5) is 2.59. The topological polar surface area (TPSA) is 3.24 Å². The Kier molecular flexibility index (Phi) is 8.55. The van der Waals surface area contributed by atoms with Gasteiger partial charge < -0.3 is 4.90 Å². The molecule has 1 nitrogen and oxygen atoms in total. The molecule has 0 saturated carbocycles. The zero-order valence-corrected chi connectivity index (χ0v) is 42.0. The Hall–Kier alpha value is -8.04. The van der Waals surface area contributed by atoms with E-state index < -0.39 is 5.41 Å². The molecule has 0 unspecified atom stereocenters. The highest BCUT2D eigenvalue weighted by Gasteiger charge is 2.52. The van der Waals surface area contributed by atoms with Gasteiger partial charge >= 0.3 is 0 Å². The number of anilines is 3. The Morgan fingerprint density at radius 2 is 0.958 bits per heavy atom. The standard InChI is InChI=1S/C70H51NS/c1-68(2,3)45-30-36-64-57(39-45)52-33-31-47(41-65(52)72-64)71(63-35-29-42-17-8-9-20-48(42)66(63)54-25-16-24-53-51-23-10-13-26-58(51)69(4,5)67(53)54)46-32-34-61-56(40-46)55-37-43-18-6-7-19-44(43)38-62(55)70(61)59-27-14-11-21-49(59)50-22-12-15-28-60(50)70/h6-41H,1-5H3. The minimum absolute atomic E-state index is 0.0545. The van der Waals surface area contributed by atoms with E-state index >= 15 is 0 Å². The summed E-state index contributed by atoms with van der Waals surface area (Å²) in [5.41, 5.74) is 22.7. The predicted molar refractivity (Wildman–Crippen MR) is 307 cm³/mol. The summed E-state index contributed by atoms with van der Waals surface area (Å²) in [6, 6.07) is 83.7. The quantitative estimate of drug-likeness (QED) is 0.170. The van der Waals surface area contributed by atoms with Gasteiger partial charge in [0, 0.05) is 42.5 Å². The summed E-state index contributed by atoms with van der Waals surface area (Å²) in [6.07, 6.45) is 0. The van der Waals surface area contributed by atoms with E-state index in [0.29, 0.717) is 0 Å². The fourth-order valence-electron chi connectivity index (χ4n) is 13.5. The van der Waals surface area contributed by atoms with Crippen LogP contribution < -0.4 is 4.90 Å². The van der Waals surface area contributed by atoms with Gasteiger partial charge in [0.05, 0.1) is 11.1 Å². The molecule has 0 aliphatic heterocycles. The predicted octanol–water partition coefficient (Wildman–Crippen LogP) is 19.4. The highest BCUT2D eigenvalue weighted by molar-refractivity contribution is 7.25. The minimum Gasteiger partial charge on any atom is -0.310 e. The number of hydrogen-bond donors (Lipinski definition) is 0. The van der Waals surface area contributed by atoms with Crippen LogP contribution in [0.25, 0.3) is 86.2 Å². The molecule has 12 aromatic rings. The molecule has 11 aromatic carbocycles. The van der Waals surface area contributed by atoms with Crippen LogP contribution in [0, 0.1) is 0 Å². The van der Waals surface area contributed by atoms with E-state index in [-0.39, 0.29) is 10.8 Å². The van der Waals surface area contributed by atoms with Crippen molar-refractivity contribution in [3.05, 3.63) is 257 Å². The molecule has 0 N–H and O–H groups in total. The molecule has 1 aromatic heterocycles. The van der Waals surface area contributed by atoms with Crippen LogP contribution in [0.4, 0.5) is 17.1 Å². The van der Waals surface area contributed by atoms with Crippen LogP contribution in [0.2, 0.25) is 0 Å². The van der Waals surface area contributed by atoms with E-state index in [1.54, 1.807) is 0 Å². The SMILES string of the molecule is CC(C)(C)c1ccc2sc3cc(N(c4ccc5c(c4)-c4cc6ccccc6cc4C54c5ccccc5-c5ccccc54)c4ccc5ccccc5c4-c4cccc5c4C(C)(C)c4ccccc4-5)ccc3c2c1. The third-order valence-electron chi connectivity index (χ3n) is 16.8. The first-order valence-electron chi connectivity index (χ1n) is 25.5. The van der Waals surface area contributed by atoms with Gasteiger partial charge in [-0.25, -0.2) is 0 Å². The van der Waals surface area contributed by atoms with Gasteiger partial charge in [0.1, 0.15) is 0 Å². The van der Waals surface area contributed by atoms with Crippen LogP contribution >= 0.6 is 11.3 Å². The van der Waals surface area contributed by atoms with Crippen molar-refractivity contribution in [1.82, 2.24) is 0 Å². The Bertz CT molecular complexity index is 4260. The molecule has 0 saturated heterocycles. The number of fused-ring (bicyclic) bond motifs is 18. The number of benzene rings is 11. The minimum atomic E-state index is -0.466. The zero-order chi connectivity index (χ0) is 48.3. The summed E-state index contributed by atoms with van der Waals surface area (Å²) in [6.45, 7) is 11.8. The van der Waals surface area contributed by atoms with Crippen LogP contribution in [-0.2, 0) is 16.2 Å². The molecule has 15 rings (SSSR count). The van der Waals surface area contributed by atoms with Crippen molar-refractivity contribution in [3.8, 4) is 44.5 Å². The van der Waals surface area contributed by atoms with Crippen molar-refractivity contribution in [2.45, 2.75) is 50.9 Å². The van der Waals surface area contributed by atoms with Gasteiger partial charge in [0.15, 0.2) is 0 Å². The van der Waals surface area contributed by atoms with Crippen molar-refractivity contribution in [3.63, 3.8) is 0 Å². The molecular formula is C70H51NS. The lowest BCUT2D eigenvalue weighted by Crippen LogP contribution is -2.26. The maximum Gasteiger partial charge on any atom is 0.0725 e. The van der Waals surface area contributed by atoms with E-state index in [1.165, 1.54) is 125 Å². The van der Waals surface area contributed by atoms with E-state index in [9.17, 15) is 0 Å². The molecule has 0 amide bonds. The van der Waals surface area contributed by atoms with Crippen molar-refractivity contribution in [2.75, 3.05) is 4.90 Å². The molecule has 0 fully saturated rings. The van der Waals surface area contributed by atoms with Crippen LogP contribution in [0.5, 0.6) is 0 Å². The summed E-state index contributed by atoms with van der Waals surface area (Å²) in [5.74, 6) is 0. The van der Waals surface area contributed by atoms with E-state index in [2.05, 4.69) is 258 Å². The summed E-state index contributed by atoms with van der Waals surface area (Å²) >= 11 is 1.90. The maximum absolute atomic E-state index is 2.59. The summed E-state index contributed by atoms with van der Waals surface area (Å²) in [5, 5.41) is 7.63. The zero-order valence-electron chi connectivity index (χ0n) is 41.1. The van der Waals surface area contributed by atoms with Crippen molar-refractivity contribution < 1.29 is 0 Å². The lowest BCUT2D eigenvalue weighted by atomic mass is 9.70. The Morgan fingerprint density at radius 1 is 0.375 bits per heavy atom. The molecule has 0 radical (unpaired) electrons. The van der Waals surface area contributed by atoms with Crippen LogP contribution in [0.3, 0.4) is 0 Å². The van der Waals surface area contributed by atoms with Gasteiger partial charge in [-0.15, -0.1) is 11.3 Å². The number of rotatable bonds is 4. The third kappa shape index (κ3) is 5.59. The first-order valence-corrected chi connectivity index (χ1v) is 26.3. The number of hydrogen-bond acceptors (Lipinski definition) is 2. The van der Waals surface area contributed by atoms with Gasteiger partial charge in [-0.2, -0.15) is 0 Å². The van der Waals surface area contributed by atoms with Gasteiger partial charge in [-0.05, 0) is 159 Å². The van der Waals surface area contributed by atoms with Gasteiger partial charge in [0.2, 0.25) is 0 Å². The van der Waals surface area contributed by atoms with Gasteiger partial charge in [-0.1, -0.05) is 198 Å². The van der Waals surface area contributed by atoms with Crippen LogP contribution in [0.15, 0.2) is 218 Å². The molecule has 72 heavy (non-hydrogen) atoms. The molecule has 1 heterocycles.